The van der Waals surface area contributed by atoms with E-state index in [0.717, 1.165) is 71.2 Å². The Morgan fingerprint density at radius 2 is 1.52 bits per heavy atom. The summed E-state index contributed by atoms with van der Waals surface area (Å²) in [5.74, 6) is 0.408. The van der Waals surface area contributed by atoms with Crippen molar-refractivity contribution in [3.63, 3.8) is 0 Å². The zero-order chi connectivity index (χ0) is 17.9. The molecule has 0 bridgehead atoms. The minimum Gasteiger partial charge on any atom is -0.352 e. The van der Waals surface area contributed by atoms with E-state index in [0.29, 0.717) is 19.0 Å². The number of amides is 2. The van der Waals surface area contributed by atoms with E-state index in [1.165, 1.54) is 19.3 Å². The highest BCUT2D eigenvalue weighted by Gasteiger charge is 2.23. The van der Waals surface area contributed by atoms with E-state index in [1.54, 1.807) is 0 Å². The normalized spacial score (nSPS) is 18.3. The van der Waals surface area contributed by atoms with Gasteiger partial charge in [-0.2, -0.15) is 0 Å². The molecule has 0 aromatic rings. The molecule has 0 radical (unpaired) electrons. The number of carbonyl (C=O) groups excluding carboxylic acids is 2. The van der Waals surface area contributed by atoms with Gasteiger partial charge in [0.15, 0.2) is 0 Å². The summed E-state index contributed by atoms with van der Waals surface area (Å²) >= 11 is 0. The zero-order valence-corrected chi connectivity index (χ0v) is 18.1. The molecule has 0 unspecified atom stereocenters. The summed E-state index contributed by atoms with van der Waals surface area (Å²) < 4.78 is 0. The molecule has 0 aromatic carbocycles. The van der Waals surface area contributed by atoms with Crippen molar-refractivity contribution in [3.05, 3.63) is 0 Å². The van der Waals surface area contributed by atoms with Crippen molar-refractivity contribution in [1.82, 2.24) is 15.1 Å². The maximum absolute atomic E-state index is 12.2. The Labute approximate surface area is 176 Å². The van der Waals surface area contributed by atoms with E-state index in [9.17, 15) is 9.59 Å². The molecule has 2 aliphatic rings. The number of piperazine rings is 1. The summed E-state index contributed by atoms with van der Waals surface area (Å²) in [6, 6.07) is 0.378. The second-order valence-corrected chi connectivity index (χ2v) is 7.51. The standard InChI is InChI=1S/C19H36N4O2.2ClH/c20-11-7-2-1-6-10-19(25)23-14-12-22(13-15-23)16-18(24)21-17-8-4-3-5-9-17;;/h17H,1-16,20H2,(H,21,24);2*1H. The van der Waals surface area contributed by atoms with Gasteiger partial charge in [0, 0.05) is 38.6 Å². The summed E-state index contributed by atoms with van der Waals surface area (Å²) in [6.07, 6.45) is 10.9. The third kappa shape index (κ3) is 10.5. The Hall–Kier alpha value is -0.560. The fourth-order valence-corrected chi connectivity index (χ4v) is 3.81. The Bertz CT molecular complexity index is 413. The van der Waals surface area contributed by atoms with Crippen LogP contribution in [-0.2, 0) is 9.59 Å². The van der Waals surface area contributed by atoms with Crippen LogP contribution in [0.5, 0.6) is 0 Å². The number of nitrogens with one attached hydrogen (secondary N) is 1. The average molecular weight is 425 g/mol. The number of rotatable bonds is 9. The molecule has 1 aliphatic carbocycles. The summed E-state index contributed by atoms with van der Waals surface area (Å²) in [6.45, 7) is 4.31. The van der Waals surface area contributed by atoms with Crippen molar-refractivity contribution >= 4 is 36.6 Å². The van der Waals surface area contributed by atoms with Gasteiger partial charge >= 0.3 is 0 Å². The van der Waals surface area contributed by atoms with Crippen LogP contribution >= 0.6 is 24.8 Å². The maximum atomic E-state index is 12.2. The van der Waals surface area contributed by atoms with Crippen molar-refractivity contribution in [2.75, 3.05) is 39.3 Å². The molecule has 0 spiro atoms. The molecule has 2 rings (SSSR count). The lowest BCUT2D eigenvalue weighted by atomic mass is 9.95. The molecule has 8 heteroatoms. The Balaban J connectivity index is 0.00000338. The first kappa shape index (κ1) is 26.4. The average Bonchev–Trinajstić information content (AvgIpc) is 2.63. The largest absolute Gasteiger partial charge is 0.352 e. The fraction of sp³-hybridized carbons (Fsp3) is 0.895. The van der Waals surface area contributed by atoms with Gasteiger partial charge in [-0.25, -0.2) is 0 Å². The van der Waals surface area contributed by atoms with Gasteiger partial charge in [0.2, 0.25) is 11.8 Å². The topological polar surface area (TPSA) is 78.7 Å². The van der Waals surface area contributed by atoms with Crippen molar-refractivity contribution in [1.29, 1.82) is 0 Å². The monoisotopic (exact) mass is 424 g/mol. The van der Waals surface area contributed by atoms with Crippen molar-refractivity contribution in [2.24, 2.45) is 5.73 Å². The lowest BCUT2D eigenvalue weighted by molar-refractivity contribution is -0.133. The predicted octanol–water partition coefficient (Wildman–Crippen LogP) is 2.33. The summed E-state index contributed by atoms with van der Waals surface area (Å²) in [5, 5.41) is 3.17. The first-order chi connectivity index (χ1) is 12.2. The van der Waals surface area contributed by atoms with Crippen LogP contribution in [0.4, 0.5) is 0 Å². The number of nitrogens with two attached hydrogens (primary N) is 1. The number of hydrogen-bond acceptors (Lipinski definition) is 4. The molecule has 1 saturated heterocycles. The molecule has 0 aromatic heterocycles. The second-order valence-electron chi connectivity index (χ2n) is 7.51. The van der Waals surface area contributed by atoms with Gasteiger partial charge in [-0.3, -0.25) is 14.5 Å². The molecular formula is C19H38Cl2N4O2. The third-order valence-corrected chi connectivity index (χ3v) is 5.41. The van der Waals surface area contributed by atoms with E-state index in [1.807, 2.05) is 4.90 Å². The van der Waals surface area contributed by atoms with Crippen LogP contribution in [0.15, 0.2) is 0 Å². The maximum Gasteiger partial charge on any atom is 0.234 e. The molecular weight excluding hydrogens is 387 g/mol. The molecule has 2 amide bonds. The fourth-order valence-electron chi connectivity index (χ4n) is 3.81. The molecule has 6 nitrogen and oxygen atoms in total. The molecule has 1 aliphatic heterocycles. The number of carbonyl (C=O) groups is 2. The van der Waals surface area contributed by atoms with Gasteiger partial charge in [0.1, 0.15) is 0 Å². The van der Waals surface area contributed by atoms with Gasteiger partial charge in [0.25, 0.3) is 0 Å². The summed E-state index contributed by atoms with van der Waals surface area (Å²) in [4.78, 5) is 28.5. The van der Waals surface area contributed by atoms with Crippen molar-refractivity contribution in [3.8, 4) is 0 Å². The van der Waals surface area contributed by atoms with E-state index in [2.05, 4.69) is 10.2 Å². The van der Waals surface area contributed by atoms with Gasteiger partial charge in [-0.05, 0) is 32.2 Å². The molecule has 27 heavy (non-hydrogen) atoms. The Kier molecular flexibility index (Phi) is 15.1. The molecule has 2 fully saturated rings. The van der Waals surface area contributed by atoms with Crippen LogP contribution in [0.2, 0.25) is 0 Å². The SMILES string of the molecule is Cl.Cl.NCCCCCCC(=O)N1CCN(CC(=O)NC2CCCCC2)CC1. The van der Waals surface area contributed by atoms with E-state index in [4.69, 9.17) is 5.73 Å². The highest BCUT2D eigenvalue weighted by atomic mass is 35.5. The molecule has 0 atom stereocenters. The van der Waals surface area contributed by atoms with Gasteiger partial charge < -0.3 is 16.0 Å². The minimum absolute atomic E-state index is 0. The highest BCUT2D eigenvalue weighted by Crippen LogP contribution is 2.17. The number of halogens is 2. The lowest BCUT2D eigenvalue weighted by Crippen LogP contribution is -2.52. The van der Waals surface area contributed by atoms with Crippen LogP contribution in [-0.4, -0.2) is 66.9 Å². The van der Waals surface area contributed by atoms with Crippen LogP contribution < -0.4 is 11.1 Å². The van der Waals surface area contributed by atoms with Gasteiger partial charge in [-0.1, -0.05) is 32.1 Å². The van der Waals surface area contributed by atoms with Crippen LogP contribution in [0, 0.1) is 0 Å². The number of hydrogen-bond donors (Lipinski definition) is 2. The van der Waals surface area contributed by atoms with E-state index < -0.39 is 0 Å². The predicted molar refractivity (Wildman–Crippen MR) is 115 cm³/mol. The highest BCUT2D eigenvalue weighted by molar-refractivity contribution is 5.85. The second kappa shape index (κ2) is 15.4. The van der Waals surface area contributed by atoms with Crippen LogP contribution in [0.1, 0.15) is 64.2 Å². The van der Waals surface area contributed by atoms with Crippen LogP contribution in [0.3, 0.4) is 0 Å². The lowest BCUT2D eigenvalue weighted by Gasteiger charge is -2.34. The van der Waals surface area contributed by atoms with Crippen LogP contribution in [0.25, 0.3) is 0 Å². The minimum atomic E-state index is 0. The van der Waals surface area contributed by atoms with E-state index in [-0.39, 0.29) is 36.6 Å². The van der Waals surface area contributed by atoms with Crippen molar-refractivity contribution < 1.29 is 9.59 Å². The summed E-state index contributed by atoms with van der Waals surface area (Å²) in [5.41, 5.74) is 5.48. The smallest absolute Gasteiger partial charge is 0.234 e. The van der Waals surface area contributed by atoms with E-state index >= 15 is 0 Å². The van der Waals surface area contributed by atoms with Gasteiger partial charge in [-0.15, -0.1) is 24.8 Å². The number of nitrogens with zero attached hydrogens (tertiary/aromatic N) is 2. The molecule has 3 N–H and O–H groups in total. The number of unbranched alkanes of at least 4 members (excludes halogenated alkanes) is 3. The molecule has 160 valence electrons. The van der Waals surface area contributed by atoms with Gasteiger partial charge in [0.05, 0.1) is 6.54 Å². The Morgan fingerprint density at radius 3 is 2.15 bits per heavy atom. The third-order valence-electron chi connectivity index (χ3n) is 5.41. The Morgan fingerprint density at radius 1 is 0.889 bits per heavy atom. The molecule has 1 heterocycles. The first-order valence-electron chi connectivity index (χ1n) is 10.2. The van der Waals surface area contributed by atoms with Crippen molar-refractivity contribution in [2.45, 2.75) is 70.3 Å². The molecule has 1 saturated carbocycles. The quantitative estimate of drug-likeness (QED) is 0.556. The summed E-state index contributed by atoms with van der Waals surface area (Å²) in [7, 11) is 0. The zero-order valence-electron chi connectivity index (χ0n) is 16.5. The first-order valence-corrected chi connectivity index (χ1v) is 10.2.